The molecule has 0 bridgehead atoms. The molecule has 2 rings (SSSR count). The Morgan fingerprint density at radius 3 is 1.28 bits per heavy atom. The van der Waals surface area contributed by atoms with Crippen molar-refractivity contribution in [1.82, 2.24) is 0 Å². The van der Waals surface area contributed by atoms with Crippen LogP contribution in [0.1, 0.15) is 239 Å². The van der Waals surface area contributed by atoms with Crippen LogP contribution in [0.15, 0.2) is 48.6 Å². The van der Waals surface area contributed by atoms with Crippen LogP contribution >= 0.6 is 0 Å². The minimum Gasteiger partial charge on any atom is -0.457 e. The molecule has 2 aliphatic heterocycles. The van der Waals surface area contributed by atoms with E-state index in [4.69, 9.17) is 28.4 Å². The second kappa shape index (κ2) is 48.8. The van der Waals surface area contributed by atoms with Crippen LogP contribution in [-0.4, -0.2) is 142 Å². The van der Waals surface area contributed by atoms with Crippen LogP contribution in [0.5, 0.6) is 0 Å². The van der Waals surface area contributed by atoms with Gasteiger partial charge in [-0.15, -0.1) is 0 Å². The molecule has 14 nitrogen and oxygen atoms in total. The Balaban J connectivity index is 1.70. The summed E-state index contributed by atoms with van der Waals surface area (Å²) in [7, 11) is 0. The third kappa shape index (κ3) is 34.8. The highest BCUT2D eigenvalue weighted by Crippen LogP contribution is 2.27. The number of aliphatic hydroxyl groups is 7. The van der Waals surface area contributed by atoms with Crippen molar-refractivity contribution >= 4 is 5.97 Å². The second-order valence-electron chi connectivity index (χ2n) is 21.5. The van der Waals surface area contributed by atoms with Gasteiger partial charge in [0, 0.05) is 13.0 Å². The molecule has 2 heterocycles. The fourth-order valence-corrected chi connectivity index (χ4v) is 9.58. The number of carbonyl (C=O) groups excluding carboxylic acids is 1. The minimum absolute atomic E-state index is 0.0570. The topological polar surface area (TPSA) is 214 Å². The van der Waals surface area contributed by atoms with Gasteiger partial charge in [-0.1, -0.05) is 204 Å². The number of ether oxygens (including phenoxy) is 6. The van der Waals surface area contributed by atoms with Crippen molar-refractivity contribution in [2.45, 2.75) is 306 Å². The van der Waals surface area contributed by atoms with E-state index in [-0.39, 0.29) is 25.6 Å². The first-order chi connectivity index (χ1) is 37.1. The zero-order valence-electron chi connectivity index (χ0n) is 47.7. The Bertz CT molecular complexity index is 1440. The van der Waals surface area contributed by atoms with Crippen LogP contribution in [-0.2, 0) is 33.2 Å². The summed E-state index contributed by atoms with van der Waals surface area (Å²) >= 11 is 0. The van der Waals surface area contributed by atoms with Crippen molar-refractivity contribution in [3.8, 4) is 0 Å². The van der Waals surface area contributed by atoms with Crippen molar-refractivity contribution in [1.29, 1.82) is 0 Å². The molecule has 0 aromatic heterocycles. The fourth-order valence-electron chi connectivity index (χ4n) is 9.58. The maximum atomic E-state index is 13.1. The number of hydrogen-bond donors (Lipinski definition) is 7. The first-order valence-corrected chi connectivity index (χ1v) is 30.7. The van der Waals surface area contributed by atoms with Crippen LogP contribution in [0, 0.1) is 0 Å². The number of unbranched alkanes of at least 4 members (excludes halogenated alkanes) is 28. The van der Waals surface area contributed by atoms with Gasteiger partial charge in [0.25, 0.3) is 0 Å². The molecule has 0 amide bonds. The van der Waals surface area contributed by atoms with Gasteiger partial charge in [0.15, 0.2) is 12.6 Å². The average molecular weight is 1080 g/mol. The third-order valence-electron chi connectivity index (χ3n) is 14.6. The number of rotatable bonds is 50. The SMILES string of the molecule is CCCCCC/C=C\C/C=C\CCCCCCCCCCOCC(COC1OC(COC2OC(CO)C(O)C(O)C2O)C(O)C(O)C1O)OC(=O)CCCCCCCCCCCCC/C=C\C/C=C\CCCCCCC. The summed E-state index contributed by atoms with van der Waals surface area (Å²) in [5.41, 5.74) is 0. The maximum Gasteiger partial charge on any atom is 0.306 e. The molecule has 0 aromatic carbocycles. The van der Waals surface area contributed by atoms with E-state index in [1.54, 1.807) is 0 Å². The molecule has 7 N–H and O–H groups in total. The summed E-state index contributed by atoms with van der Waals surface area (Å²) in [6.45, 7) is 3.68. The van der Waals surface area contributed by atoms with Crippen molar-refractivity contribution in [3.05, 3.63) is 48.6 Å². The normalized spacial score (nSPS) is 24.8. The highest BCUT2D eigenvalue weighted by atomic mass is 16.7. The van der Waals surface area contributed by atoms with Crippen molar-refractivity contribution in [2.24, 2.45) is 0 Å². The first kappa shape index (κ1) is 70.1. The molecule has 0 radical (unpaired) electrons. The van der Waals surface area contributed by atoms with Crippen LogP contribution in [0.2, 0.25) is 0 Å². The highest BCUT2D eigenvalue weighted by molar-refractivity contribution is 5.69. The second-order valence-corrected chi connectivity index (χ2v) is 21.5. The Hall–Kier alpha value is -2.05. The van der Waals surface area contributed by atoms with Crippen LogP contribution in [0.4, 0.5) is 0 Å². The van der Waals surface area contributed by atoms with Crippen LogP contribution in [0.3, 0.4) is 0 Å². The quantitative estimate of drug-likeness (QED) is 0.0172. The molecule has 2 saturated heterocycles. The lowest BCUT2D eigenvalue weighted by Crippen LogP contribution is -2.61. The van der Waals surface area contributed by atoms with E-state index < -0.39 is 80.7 Å². The molecule has 11 atom stereocenters. The molecule has 2 fully saturated rings. The van der Waals surface area contributed by atoms with Crippen LogP contribution < -0.4 is 0 Å². The number of allylic oxidation sites excluding steroid dienone is 8. The predicted octanol–water partition coefficient (Wildman–Crippen LogP) is 11.5. The lowest BCUT2D eigenvalue weighted by Gasteiger charge is -2.42. The smallest absolute Gasteiger partial charge is 0.306 e. The molecule has 76 heavy (non-hydrogen) atoms. The van der Waals surface area contributed by atoms with E-state index in [1.807, 2.05) is 0 Å². The predicted molar refractivity (Wildman–Crippen MR) is 303 cm³/mol. The Morgan fingerprint density at radius 1 is 0.434 bits per heavy atom. The van der Waals surface area contributed by atoms with Crippen molar-refractivity contribution in [3.63, 3.8) is 0 Å². The zero-order valence-corrected chi connectivity index (χ0v) is 47.7. The van der Waals surface area contributed by atoms with Crippen molar-refractivity contribution < 1.29 is 69.0 Å². The minimum atomic E-state index is -1.71. The van der Waals surface area contributed by atoms with Crippen LogP contribution in [0.25, 0.3) is 0 Å². The highest BCUT2D eigenvalue weighted by Gasteiger charge is 2.47. The fraction of sp³-hybridized carbons (Fsp3) is 0.855. The standard InChI is InChI=1S/C62H112O14/c1-3-5-7-9-11-13-15-17-19-21-23-24-25-26-27-29-31-33-35-37-39-41-43-45-54(64)74-51(48-71-46-44-42-40-38-36-34-32-30-28-22-20-18-16-14-12-10-8-6-4-2)49-72-61-60(70)58(68)56(66)53(76-61)50-73-62-59(69)57(67)55(65)52(47-63)75-62/h14-17,20-23,51-53,55-63,65-70H,3-13,18-19,24-50H2,1-2H3/b16-14-,17-15-,22-20-,23-21-. The molecule has 444 valence electrons. The maximum absolute atomic E-state index is 13.1. The Kier molecular flexibility index (Phi) is 45.0. The van der Waals surface area contributed by atoms with Gasteiger partial charge in [-0.3, -0.25) is 4.79 Å². The summed E-state index contributed by atoms with van der Waals surface area (Å²) in [6.07, 6.45) is 43.1. The molecule has 0 spiro atoms. The first-order valence-electron chi connectivity index (χ1n) is 30.7. The number of esters is 1. The van der Waals surface area contributed by atoms with Gasteiger partial charge in [0.05, 0.1) is 26.4 Å². The van der Waals surface area contributed by atoms with Crippen molar-refractivity contribution in [2.75, 3.05) is 33.0 Å². The third-order valence-corrected chi connectivity index (χ3v) is 14.6. The summed E-state index contributed by atoms with van der Waals surface area (Å²) in [6, 6.07) is 0. The number of carbonyl (C=O) groups is 1. The lowest BCUT2D eigenvalue weighted by atomic mass is 9.98. The number of hydrogen-bond acceptors (Lipinski definition) is 14. The molecule has 0 saturated carbocycles. The van der Waals surface area contributed by atoms with Gasteiger partial charge in [-0.2, -0.15) is 0 Å². The summed E-state index contributed by atoms with van der Waals surface area (Å²) < 4.78 is 34.4. The molecular weight excluding hydrogens is 969 g/mol. The Morgan fingerprint density at radius 2 is 0.816 bits per heavy atom. The summed E-state index contributed by atoms with van der Waals surface area (Å²) in [5, 5.41) is 72.4. The summed E-state index contributed by atoms with van der Waals surface area (Å²) in [4.78, 5) is 13.1. The summed E-state index contributed by atoms with van der Waals surface area (Å²) in [5.74, 6) is -0.379. The van der Waals surface area contributed by atoms with E-state index >= 15 is 0 Å². The van der Waals surface area contributed by atoms with E-state index in [1.165, 1.54) is 154 Å². The average Bonchev–Trinajstić information content (AvgIpc) is 3.42. The van der Waals surface area contributed by atoms with Gasteiger partial charge < -0.3 is 64.2 Å². The Labute approximate surface area is 461 Å². The largest absolute Gasteiger partial charge is 0.457 e. The molecule has 2 aliphatic rings. The van der Waals surface area contributed by atoms with E-state index in [9.17, 15) is 40.5 Å². The van der Waals surface area contributed by atoms with Gasteiger partial charge in [-0.25, -0.2) is 0 Å². The van der Waals surface area contributed by atoms with Gasteiger partial charge >= 0.3 is 5.97 Å². The van der Waals surface area contributed by atoms with Gasteiger partial charge in [0.1, 0.15) is 54.9 Å². The van der Waals surface area contributed by atoms with Gasteiger partial charge in [-0.05, 0) is 77.0 Å². The monoisotopic (exact) mass is 1080 g/mol. The van der Waals surface area contributed by atoms with E-state index in [0.29, 0.717) is 13.0 Å². The molecule has 0 aliphatic carbocycles. The molecule has 11 unspecified atom stereocenters. The molecule has 0 aromatic rings. The zero-order chi connectivity index (χ0) is 55.1. The molecular formula is C62H112O14. The number of aliphatic hydroxyl groups excluding tert-OH is 7. The molecule has 14 heteroatoms. The van der Waals surface area contributed by atoms with E-state index in [2.05, 4.69) is 62.5 Å². The van der Waals surface area contributed by atoms with E-state index in [0.717, 1.165) is 57.8 Å². The lowest BCUT2D eigenvalue weighted by molar-refractivity contribution is -0.332. The van der Waals surface area contributed by atoms with Gasteiger partial charge in [0.2, 0.25) is 0 Å².